The Morgan fingerprint density at radius 1 is 1.47 bits per heavy atom. The van der Waals surface area contributed by atoms with Crippen molar-refractivity contribution in [3.8, 4) is 0 Å². The zero-order valence-corrected chi connectivity index (χ0v) is 13.7. The van der Waals surface area contributed by atoms with E-state index in [0.717, 1.165) is 28.8 Å². The first-order valence-corrected chi connectivity index (χ1v) is 7.46. The first-order chi connectivity index (χ1) is 8.90. The molecule has 0 saturated heterocycles. The van der Waals surface area contributed by atoms with Gasteiger partial charge >= 0.3 is 0 Å². The lowest BCUT2D eigenvalue weighted by Gasteiger charge is -2.25. The van der Waals surface area contributed by atoms with Crippen molar-refractivity contribution in [1.82, 2.24) is 14.7 Å². The summed E-state index contributed by atoms with van der Waals surface area (Å²) in [5.41, 5.74) is 7.47. The fraction of sp³-hybridized carbons (Fsp3) is 0.692. The molecule has 0 radical (unpaired) electrons. The Balaban J connectivity index is 3.01. The topological polar surface area (TPSA) is 64.2 Å². The first-order valence-electron chi connectivity index (χ1n) is 6.67. The van der Waals surface area contributed by atoms with E-state index in [2.05, 4.69) is 53.6 Å². The summed E-state index contributed by atoms with van der Waals surface area (Å²) in [6.45, 7) is 10.0. The lowest BCUT2D eigenvalue weighted by molar-refractivity contribution is -0.119. The molecule has 0 unspecified atom stereocenters. The molecule has 0 bridgehead atoms. The van der Waals surface area contributed by atoms with Gasteiger partial charge in [0.05, 0.1) is 22.4 Å². The van der Waals surface area contributed by atoms with Gasteiger partial charge in [-0.2, -0.15) is 5.10 Å². The quantitative estimate of drug-likeness (QED) is 0.830. The lowest BCUT2D eigenvalue weighted by atomic mass is 10.2. The monoisotopic (exact) mass is 330 g/mol. The number of nitrogens with zero attached hydrogens (tertiary/aromatic N) is 3. The number of hydrogen-bond acceptors (Lipinski definition) is 3. The Bertz CT molecular complexity index is 442. The number of aromatic nitrogens is 2. The summed E-state index contributed by atoms with van der Waals surface area (Å²) in [5.74, 6) is -0.303. The minimum Gasteiger partial charge on any atom is -0.369 e. The Hall–Kier alpha value is -0.880. The van der Waals surface area contributed by atoms with Gasteiger partial charge in [-0.05, 0) is 43.1 Å². The number of primary amides is 1. The molecule has 108 valence electrons. The molecule has 0 aromatic carbocycles. The van der Waals surface area contributed by atoms with E-state index in [-0.39, 0.29) is 18.5 Å². The highest BCUT2D eigenvalue weighted by atomic mass is 79.9. The molecule has 0 fully saturated rings. The van der Waals surface area contributed by atoms with Crippen molar-refractivity contribution >= 4 is 21.8 Å². The van der Waals surface area contributed by atoms with Gasteiger partial charge in [0.1, 0.15) is 0 Å². The highest BCUT2D eigenvalue weighted by Crippen LogP contribution is 2.24. The number of amides is 1. The van der Waals surface area contributed by atoms with Crippen molar-refractivity contribution in [2.24, 2.45) is 5.73 Å². The minimum atomic E-state index is -0.303. The molecule has 1 amide bonds. The molecule has 0 saturated carbocycles. The van der Waals surface area contributed by atoms with E-state index in [1.165, 1.54) is 0 Å². The number of aryl methyl sites for hydroxylation is 2. The van der Waals surface area contributed by atoms with Crippen LogP contribution in [0.5, 0.6) is 0 Å². The summed E-state index contributed by atoms with van der Waals surface area (Å²) in [4.78, 5) is 13.2. The van der Waals surface area contributed by atoms with Gasteiger partial charge in [0.25, 0.3) is 0 Å². The molecule has 1 rings (SSSR count). The number of carbonyl (C=O) groups is 1. The van der Waals surface area contributed by atoms with Gasteiger partial charge in [0.2, 0.25) is 5.91 Å². The van der Waals surface area contributed by atoms with Gasteiger partial charge in [0, 0.05) is 19.1 Å². The Kier molecular flexibility index (Phi) is 6.00. The van der Waals surface area contributed by atoms with E-state index in [0.29, 0.717) is 6.54 Å². The maximum Gasteiger partial charge on any atom is 0.231 e. The zero-order chi connectivity index (χ0) is 14.6. The molecule has 19 heavy (non-hydrogen) atoms. The molecule has 6 heteroatoms. The number of hydrogen-bond donors (Lipinski definition) is 1. The highest BCUT2D eigenvalue weighted by Gasteiger charge is 2.19. The van der Waals surface area contributed by atoms with E-state index in [4.69, 9.17) is 5.73 Å². The summed E-state index contributed by atoms with van der Waals surface area (Å²) in [6, 6.07) is 0.254. The molecule has 2 N–H and O–H groups in total. The molecule has 0 atom stereocenters. The van der Waals surface area contributed by atoms with Crippen LogP contribution in [0, 0.1) is 0 Å². The van der Waals surface area contributed by atoms with Crippen LogP contribution in [-0.4, -0.2) is 33.2 Å². The minimum absolute atomic E-state index is 0.254. The van der Waals surface area contributed by atoms with Crippen LogP contribution < -0.4 is 5.73 Å². The molecule has 0 aliphatic rings. The van der Waals surface area contributed by atoms with E-state index in [1.54, 1.807) is 0 Å². The second-order valence-corrected chi connectivity index (χ2v) is 5.63. The van der Waals surface area contributed by atoms with Gasteiger partial charge in [-0.3, -0.25) is 14.4 Å². The largest absolute Gasteiger partial charge is 0.369 e. The normalized spacial score (nSPS) is 11.5. The van der Waals surface area contributed by atoms with E-state index in [1.807, 2.05) is 4.68 Å². The SMILES string of the molecule is CCc1nn(CC)c(CN(CC(N)=O)C(C)C)c1Br. The predicted molar refractivity (Wildman–Crippen MR) is 79.7 cm³/mol. The van der Waals surface area contributed by atoms with E-state index in [9.17, 15) is 4.79 Å². The van der Waals surface area contributed by atoms with E-state index < -0.39 is 0 Å². The number of halogens is 1. The van der Waals surface area contributed by atoms with Crippen LogP contribution in [0.15, 0.2) is 4.47 Å². The number of carbonyl (C=O) groups excluding carboxylic acids is 1. The summed E-state index contributed by atoms with van der Waals surface area (Å²) < 4.78 is 3.03. The molecule has 0 spiro atoms. The summed E-state index contributed by atoms with van der Waals surface area (Å²) >= 11 is 3.62. The summed E-state index contributed by atoms with van der Waals surface area (Å²) in [7, 11) is 0. The van der Waals surface area contributed by atoms with Crippen LogP contribution in [0.1, 0.15) is 39.1 Å². The fourth-order valence-electron chi connectivity index (χ4n) is 1.98. The fourth-order valence-corrected chi connectivity index (χ4v) is 2.67. The average Bonchev–Trinajstić information content (AvgIpc) is 2.64. The van der Waals surface area contributed by atoms with Crippen molar-refractivity contribution in [3.05, 3.63) is 15.9 Å². The van der Waals surface area contributed by atoms with Crippen LogP contribution in [0.25, 0.3) is 0 Å². The molecule has 1 heterocycles. The molecule has 0 aliphatic heterocycles. The lowest BCUT2D eigenvalue weighted by Crippen LogP contribution is -2.38. The molecular weight excluding hydrogens is 308 g/mol. The summed E-state index contributed by atoms with van der Waals surface area (Å²) in [6.07, 6.45) is 0.887. The number of rotatable bonds is 7. The van der Waals surface area contributed by atoms with Crippen molar-refractivity contribution in [2.75, 3.05) is 6.54 Å². The molecule has 1 aromatic rings. The van der Waals surface area contributed by atoms with Crippen LogP contribution in [0.3, 0.4) is 0 Å². The van der Waals surface area contributed by atoms with Crippen LogP contribution >= 0.6 is 15.9 Å². The third-order valence-electron chi connectivity index (χ3n) is 3.14. The zero-order valence-electron chi connectivity index (χ0n) is 12.1. The maximum atomic E-state index is 11.2. The molecule has 5 nitrogen and oxygen atoms in total. The van der Waals surface area contributed by atoms with Crippen molar-refractivity contribution in [3.63, 3.8) is 0 Å². The van der Waals surface area contributed by atoms with Crippen LogP contribution in [-0.2, 0) is 24.3 Å². The second kappa shape index (κ2) is 7.05. The second-order valence-electron chi connectivity index (χ2n) is 4.84. The smallest absolute Gasteiger partial charge is 0.231 e. The third-order valence-corrected chi connectivity index (χ3v) is 4.05. The molecule has 0 aliphatic carbocycles. The van der Waals surface area contributed by atoms with Crippen molar-refractivity contribution in [2.45, 2.75) is 53.2 Å². The highest BCUT2D eigenvalue weighted by molar-refractivity contribution is 9.10. The van der Waals surface area contributed by atoms with Crippen molar-refractivity contribution in [1.29, 1.82) is 0 Å². The first kappa shape index (κ1) is 16.2. The Morgan fingerprint density at radius 3 is 2.53 bits per heavy atom. The van der Waals surface area contributed by atoms with Crippen LogP contribution in [0.4, 0.5) is 0 Å². The number of nitrogens with two attached hydrogens (primary N) is 1. The Morgan fingerprint density at radius 2 is 2.11 bits per heavy atom. The van der Waals surface area contributed by atoms with Crippen LogP contribution in [0.2, 0.25) is 0 Å². The molecule has 1 aromatic heterocycles. The average molecular weight is 331 g/mol. The van der Waals surface area contributed by atoms with Gasteiger partial charge < -0.3 is 5.73 Å². The third kappa shape index (κ3) is 4.04. The predicted octanol–water partition coefficient (Wildman–Crippen LogP) is 1.92. The van der Waals surface area contributed by atoms with E-state index >= 15 is 0 Å². The van der Waals surface area contributed by atoms with Crippen molar-refractivity contribution < 1.29 is 4.79 Å². The standard InChI is InChI=1S/C13H23BrN4O/c1-5-10-13(14)11(18(6-2)16-10)7-17(9(3)4)8-12(15)19/h9H,5-8H2,1-4H3,(H2,15,19). The van der Waals surface area contributed by atoms with Gasteiger partial charge in [-0.1, -0.05) is 6.92 Å². The summed E-state index contributed by atoms with van der Waals surface area (Å²) in [5, 5.41) is 4.57. The molecular formula is C13H23BrN4O. The maximum absolute atomic E-state index is 11.2. The van der Waals surface area contributed by atoms with Gasteiger partial charge in [-0.15, -0.1) is 0 Å². The van der Waals surface area contributed by atoms with Gasteiger partial charge in [-0.25, -0.2) is 0 Å². The van der Waals surface area contributed by atoms with Gasteiger partial charge in [0.15, 0.2) is 0 Å². The Labute approximate surface area is 123 Å².